The number of nitrogens with one attached hydrogen (secondary N) is 1. The fourth-order valence-corrected chi connectivity index (χ4v) is 3.07. The van der Waals surface area contributed by atoms with Gasteiger partial charge in [-0.25, -0.2) is 0 Å². The molecule has 0 spiro atoms. The fraction of sp³-hybridized carbons (Fsp3) is 0.364. The van der Waals surface area contributed by atoms with Crippen molar-refractivity contribution in [3.05, 3.63) is 69.7 Å². The van der Waals surface area contributed by atoms with Crippen molar-refractivity contribution in [2.24, 2.45) is 0 Å². The Balaban J connectivity index is 2.26. The molecule has 2 aromatic carbocycles. The van der Waals surface area contributed by atoms with Crippen molar-refractivity contribution in [3.63, 3.8) is 0 Å². The third-order valence-corrected chi connectivity index (χ3v) is 4.88. The number of benzene rings is 2. The minimum atomic E-state index is -0.557. The number of carbonyl (C=O) groups excluding carboxylic acids is 2. The predicted molar refractivity (Wildman–Crippen MR) is 110 cm³/mol. The summed E-state index contributed by atoms with van der Waals surface area (Å²) in [6, 6.07) is 12.9. The number of hydrogen-bond donors (Lipinski definition) is 1. The lowest BCUT2D eigenvalue weighted by molar-refractivity contribution is -0.140. The van der Waals surface area contributed by atoms with E-state index < -0.39 is 6.04 Å². The van der Waals surface area contributed by atoms with E-state index in [0.29, 0.717) is 18.1 Å². The average Bonchev–Trinajstić information content (AvgIpc) is 2.63. The van der Waals surface area contributed by atoms with Gasteiger partial charge in [-0.3, -0.25) is 9.59 Å². The maximum Gasteiger partial charge on any atom is 0.242 e. The van der Waals surface area contributed by atoms with Crippen LogP contribution in [0, 0.1) is 13.8 Å². The van der Waals surface area contributed by atoms with Gasteiger partial charge in [0.25, 0.3) is 0 Å². The standard InChI is InChI=1S/C22H27ClN2O2/c1-5-24-22(27)17(4)25(14-18-8-10-20(23)11-9-18)21(26)13-19-12-15(2)6-7-16(19)3/h6-12,17H,5,13-14H2,1-4H3,(H,24,27)/t17-/m0/s1. The molecule has 0 fully saturated rings. The van der Waals surface area contributed by atoms with Crippen LogP contribution in [0.25, 0.3) is 0 Å². The van der Waals surface area contributed by atoms with E-state index in [1.165, 1.54) is 0 Å². The molecule has 27 heavy (non-hydrogen) atoms. The molecule has 0 heterocycles. The zero-order valence-electron chi connectivity index (χ0n) is 16.4. The summed E-state index contributed by atoms with van der Waals surface area (Å²) >= 11 is 5.96. The summed E-state index contributed by atoms with van der Waals surface area (Å²) in [5, 5.41) is 3.45. The van der Waals surface area contributed by atoms with Gasteiger partial charge >= 0.3 is 0 Å². The molecule has 0 bridgehead atoms. The lowest BCUT2D eigenvalue weighted by atomic mass is 10.0. The van der Waals surface area contributed by atoms with Gasteiger partial charge in [-0.1, -0.05) is 47.5 Å². The summed E-state index contributed by atoms with van der Waals surface area (Å²) in [6.45, 7) is 8.53. The molecule has 0 aliphatic heterocycles. The smallest absolute Gasteiger partial charge is 0.242 e. The highest BCUT2D eigenvalue weighted by molar-refractivity contribution is 6.30. The summed E-state index contributed by atoms with van der Waals surface area (Å²) in [7, 11) is 0. The number of amides is 2. The average molecular weight is 387 g/mol. The van der Waals surface area contributed by atoms with Gasteiger partial charge in [-0.2, -0.15) is 0 Å². The minimum absolute atomic E-state index is 0.0718. The first kappa shape index (κ1) is 21.0. The Morgan fingerprint density at radius 1 is 1.11 bits per heavy atom. The third-order valence-electron chi connectivity index (χ3n) is 4.63. The molecule has 0 saturated heterocycles. The summed E-state index contributed by atoms with van der Waals surface area (Å²) in [4.78, 5) is 27.1. The van der Waals surface area contributed by atoms with Crippen LogP contribution in [0.1, 0.15) is 36.1 Å². The largest absolute Gasteiger partial charge is 0.355 e. The van der Waals surface area contributed by atoms with E-state index in [0.717, 1.165) is 22.3 Å². The van der Waals surface area contributed by atoms with Crippen molar-refractivity contribution in [2.45, 2.75) is 46.7 Å². The fourth-order valence-electron chi connectivity index (χ4n) is 2.95. The molecule has 2 rings (SSSR count). The predicted octanol–water partition coefficient (Wildman–Crippen LogP) is 4.05. The molecule has 0 unspecified atom stereocenters. The molecular weight excluding hydrogens is 360 g/mol. The number of nitrogens with zero attached hydrogens (tertiary/aromatic N) is 1. The van der Waals surface area contributed by atoms with Crippen molar-refractivity contribution >= 4 is 23.4 Å². The normalized spacial score (nSPS) is 11.7. The number of carbonyl (C=O) groups is 2. The molecule has 0 saturated carbocycles. The Hall–Kier alpha value is -2.33. The van der Waals surface area contributed by atoms with Crippen LogP contribution in [0.2, 0.25) is 5.02 Å². The van der Waals surface area contributed by atoms with Gasteiger partial charge in [0, 0.05) is 18.1 Å². The zero-order valence-corrected chi connectivity index (χ0v) is 17.1. The number of halogens is 1. The van der Waals surface area contributed by atoms with Crippen molar-refractivity contribution in [1.29, 1.82) is 0 Å². The molecule has 2 amide bonds. The highest BCUT2D eigenvalue weighted by atomic mass is 35.5. The summed E-state index contributed by atoms with van der Waals surface area (Å²) in [5.74, 6) is -0.224. The van der Waals surface area contributed by atoms with Crippen LogP contribution in [0.5, 0.6) is 0 Å². The second-order valence-electron chi connectivity index (χ2n) is 6.83. The second-order valence-corrected chi connectivity index (χ2v) is 7.26. The summed E-state index contributed by atoms with van der Waals surface area (Å²) < 4.78 is 0. The maximum absolute atomic E-state index is 13.1. The Kier molecular flexibility index (Phi) is 7.43. The second kappa shape index (κ2) is 9.56. The Bertz CT molecular complexity index is 802. The van der Waals surface area contributed by atoms with Crippen LogP contribution in [0.3, 0.4) is 0 Å². The van der Waals surface area contributed by atoms with E-state index in [1.807, 2.05) is 51.1 Å². The van der Waals surface area contributed by atoms with E-state index in [-0.39, 0.29) is 18.2 Å². The molecule has 0 radical (unpaired) electrons. The summed E-state index contributed by atoms with van der Waals surface area (Å²) in [6.07, 6.45) is 0.269. The van der Waals surface area contributed by atoms with Gasteiger partial charge in [-0.05, 0) is 56.5 Å². The van der Waals surface area contributed by atoms with Crippen LogP contribution >= 0.6 is 11.6 Å². The zero-order chi connectivity index (χ0) is 20.0. The number of aryl methyl sites for hydroxylation is 2. The van der Waals surface area contributed by atoms with Crippen LogP contribution < -0.4 is 5.32 Å². The van der Waals surface area contributed by atoms with E-state index >= 15 is 0 Å². The Morgan fingerprint density at radius 2 is 1.78 bits per heavy atom. The van der Waals surface area contributed by atoms with Gasteiger partial charge < -0.3 is 10.2 Å². The quantitative estimate of drug-likeness (QED) is 0.780. The topological polar surface area (TPSA) is 49.4 Å². The molecule has 5 heteroatoms. The number of hydrogen-bond acceptors (Lipinski definition) is 2. The lowest BCUT2D eigenvalue weighted by Gasteiger charge is -2.29. The first-order valence-corrected chi connectivity index (χ1v) is 9.57. The van der Waals surface area contributed by atoms with Crippen molar-refractivity contribution < 1.29 is 9.59 Å². The number of likely N-dealkylation sites (N-methyl/N-ethyl adjacent to an activating group) is 1. The Labute approximate surface area is 166 Å². The molecular formula is C22H27ClN2O2. The third kappa shape index (κ3) is 5.83. The highest BCUT2D eigenvalue weighted by Crippen LogP contribution is 2.17. The van der Waals surface area contributed by atoms with Crippen LogP contribution in [0.15, 0.2) is 42.5 Å². The van der Waals surface area contributed by atoms with Gasteiger partial charge in [0.15, 0.2) is 0 Å². The van der Waals surface area contributed by atoms with Crippen LogP contribution in [0.4, 0.5) is 0 Å². The highest BCUT2D eigenvalue weighted by Gasteiger charge is 2.26. The van der Waals surface area contributed by atoms with E-state index in [4.69, 9.17) is 11.6 Å². The van der Waals surface area contributed by atoms with Gasteiger partial charge in [0.1, 0.15) is 6.04 Å². The Morgan fingerprint density at radius 3 is 2.41 bits per heavy atom. The molecule has 1 atom stereocenters. The first-order valence-electron chi connectivity index (χ1n) is 9.19. The summed E-state index contributed by atoms with van der Waals surface area (Å²) in [5.41, 5.74) is 4.12. The molecule has 4 nitrogen and oxygen atoms in total. The van der Waals surface area contributed by atoms with Crippen molar-refractivity contribution in [3.8, 4) is 0 Å². The van der Waals surface area contributed by atoms with E-state index in [2.05, 4.69) is 5.32 Å². The van der Waals surface area contributed by atoms with Crippen LogP contribution in [-0.4, -0.2) is 29.3 Å². The monoisotopic (exact) mass is 386 g/mol. The van der Waals surface area contributed by atoms with E-state index in [1.54, 1.807) is 24.0 Å². The minimum Gasteiger partial charge on any atom is -0.355 e. The SMILES string of the molecule is CCNC(=O)[C@H](C)N(Cc1ccc(Cl)cc1)C(=O)Cc1cc(C)ccc1C. The van der Waals surface area contributed by atoms with Gasteiger partial charge in [0.05, 0.1) is 6.42 Å². The molecule has 2 aromatic rings. The van der Waals surface area contributed by atoms with Gasteiger partial charge in [-0.15, -0.1) is 0 Å². The van der Waals surface area contributed by atoms with Crippen molar-refractivity contribution in [2.75, 3.05) is 6.54 Å². The van der Waals surface area contributed by atoms with Crippen molar-refractivity contribution in [1.82, 2.24) is 10.2 Å². The van der Waals surface area contributed by atoms with Crippen LogP contribution in [-0.2, 0) is 22.6 Å². The van der Waals surface area contributed by atoms with Gasteiger partial charge in [0.2, 0.25) is 11.8 Å². The molecule has 144 valence electrons. The molecule has 0 aliphatic rings. The molecule has 0 aromatic heterocycles. The molecule has 1 N–H and O–H groups in total. The maximum atomic E-state index is 13.1. The number of rotatable bonds is 7. The lowest BCUT2D eigenvalue weighted by Crippen LogP contribution is -2.48. The first-order chi connectivity index (χ1) is 12.8. The molecule has 0 aliphatic carbocycles. The van der Waals surface area contributed by atoms with E-state index in [9.17, 15) is 9.59 Å².